The van der Waals surface area contributed by atoms with Crippen molar-refractivity contribution in [3.05, 3.63) is 90.7 Å². The summed E-state index contributed by atoms with van der Waals surface area (Å²) < 4.78 is 14.4. The van der Waals surface area contributed by atoms with Gasteiger partial charge in [0.15, 0.2) is 6.23 Å². The fourth-order valence-electron chi connectivity index (χ4n) is 6.24. The van der Waals surface area contributed by atoms with Gasteiger partial charge < -0.3 is 19.7 Å². The number of aromatic hydroxyl groups is 2. The van der Waals surface area contributed by atoms with Crippen molar-refractivity contribution >= 4 is 12.4 Å². The summed E-state index contributed by atoms with van der Waals surface area (Å²) in [7, 11) is 2.98. The van der Waals surface area contributed by atoms with Crippen LogP contribution in [0.1, 0.15) is 123 Å². The number of aromatic nitrogens is 2. The molecule has 1 aromatic heterocycles. The molecule has 0 bridgehead atoms. The first-order valence-corrected chi connectivity index (χ1v) is 17.6. The number of aliphatic imine (C=N–C) groups is 2. The number of ether oxygens (including phenoxy) is 2. The van der Waals surface area contributed by atoms with E-state index >= 15 is 0 Å². The zero-order valence-electron chi connectivity index (χ0n) is 33.3. The first-order chi connectivity index (χ1) is 23.4. The van der Waals surface area contributed by atoms with Gasteiger partial charge in [-0.1, -0.05) is 95.2 Å². The molecule has 1 aliphatic heterocycles. The maximum atomic E-state index is 13.5. The number of phenolic OH excluding ortho intramolecular Hbond substituents is 2. The molecule has 10 nitrogen and oxygen atoms in total. The molecule has 0 unspecified atom stereocenters. The predicted octanol–water partition coefficient (Wildman–Crippen LogP) is 6.66. The summed E-state index contributed by atoms with van der Waals surface area (Å²) in [5, 5.41) is 23.1. The zero-order chi connectivity index (χ0) is 38.4. The van der Waals surface area contributed by atoms with Crippen LogP contribution in [0.5, 0.6) is 11.5 Å². The minimum absolute atomic E-state index is 0. The van der Waals surface area contributed by atoms with E-state index in [1.54, 1.807) is 19.5 Å². The molecule has 3 aromatic rings. The Morgan fingerprint density at radius 1 is 0.750 bits per heavy atom. The summed E-state index contributed by atoms with van der Waals surface area (Å²) in [6.45, 7) is 25.2. The summed E-state index contributed by atoms with van der Waals surface area (Å²) in [5.74, 6) is 0.270. The van der Waals surface area contributed by atoms with Crippen molar-refractivity contribution < 1.29 is 36.8 Å². The van der Waals surface area contributed by atoms with E-state index in [-0.39, 0.29) is 56.8 Å². The SMILES string of the molecule is COC[C@H]1O[C@@H](n2ccc(=O)n(C)c2=O)[C@H](N=Cc2cc(C(C)(C)C)cc(C(C)(C)C)c2O)[C@H]1N=Cc1cc(C(C)(C)C)cc(C(C)(C)C)c1O.[Cu]. The Kier molecular flexibility index (Phi) is 12.8. The zero-order valence-corrected chi connectivity index (χ0v) is 34.2. The van der Waals surface area contributed by atoms with Crippen LogP contribution < -0.4 is 11.2 Å². The third-order valence-corrected chi connectivity index (χ3v) is 9.56. The van der Waals surface area contributed by atoms with Crippen molar-refractivity contribution in [2.24, 2.45) is 17.0 Å². The Hall–Kier alpha value is -3.50. The minimum atomic E-state index is -0.961. The van der Waals surface area contributed by atoms with Gasteiger partial charge in [-0.05, 0) is 44.9 Å². The molecule has 2 aromatic carbocycles. The molecule has 0 amide bonds. The second kappa shape index (κ2) is 15.5. The minimum Gasteiger partial charge on any atom is -0.507 e. The molecular weight excluding hydrogens is 708 g/mol. The maximum Gasteiger partial charge on any atom is 0.332 e. The third-order valence-electron chi connectivity index (χ3n) is 9.56. The standard InChI is InChI=1S/C41H58N4O6.Cu/c1-38(2,3)26-17-24(34(47)28(19-26)40(7,8)9)21-42-32-30(23-50-14)51-36(45-16-15-31(46)44(13)37(45)49)33(32)43-22-25-18-27(39(4,5)6)20-29(35(25)48)41(10,11)12;/h15-22,30,32-33,36,47-48H,23H2,1-14H3;/t30-,32+,33-,36-;/m1./s1. The third kappa shape index (κ3) is 9.16. The van der Waals surface area contributed by atoms with E-state index in [9.17, 15) is 19.8 Å². The molecular formula is C41H58CuN4O6. The van der Waals surface area contributed by atoms with Crippen LogP contribution in [-0.2, 0) is 55.3 Å². The second-order valence-electron chi connectivity index (χ2n) is 17.9. The van der Waals surface area contributed by atoms with Crippen molar-refractivity contribution in [2.75, 3.05) is 13.7 Å². The van der Waals surface area contributed by atoms with E-state index in [0.717, 1.165) is 26.8 Å². The van der Waals surface area contributed by atoms with Crippen LogP contribution in [0.15, 0.2) is 56.1 Å². The van der Waals surface area contributed by atoms with Gasteiger partial charge in [0.1, 0.15) is 29.7 Å². The van der Waals surface area contributed by atoms with Crippen molar-refractivity contribution in [1.82, 2.24) is 9.13 Å². The van der Waals surface area contributed by atoms with Crippen LogP contribution in [-0.4, -0.2) is 63.7 Å². The Balaban J connectivity index is 0.00000729. The van der Waals surface area contributed by atoms with Crippen molar-refractivity contribution in [3.8, 4) is 11.5 Å². The normalized spacial score (nSPS) is 20.2. The van der Waals surface area contributed by atoms with E-state index < -0.39 is 35.7 Å². The molecule has 4 atom stereocenters. The number of phenols is 2. The molecule has 2 heterocycles. The molecule has 52 heavy (non-hydrogen) atoms. The molecule has 1 aliphatic rings. The number of methoxy groups -OCH3 is 1. The van der Waals surface area contributed by atoms with Gasteiger partial charge in [-0.3, -0.25) is 23.9 Å². The van der Waals surface area contributed by atoms with E-state index in [1.165, 1.54) is 23.9 Å². The fourth-order valence-corrected chi connectivity index (χ4v) is 6.24. The first kappa shape index (κ1) is 42.9. The van der Waals surface area contributed by atoms with E-state index in [1.807, 2.05) is 18.2 Å². The van der Waals surface area contributed by atoms with Crippen LogP contribution in [0.3, 0.4) is 0 Å². The van der Waals surface area contributed by atoms with Crippen LogP contribution in [0, 0.1) is 0 Å². The predicted molar refractivity (Wildman–Crippen MR) is 206 cm³/mol. The quantitative estimate of drug-likeness (QED) is 0.205. The number of benzene rings is 2. The van der Waals surface area contributed by atoms with Gasteiger partial charge in [-0.15, -0.1) is 0 Å². The Labute approximate surface area is 319 Å². The second-order valence-corrected chi connectivity index (χ2v) is 17.9. The van der Waals surface area contributed by atoms with Gasteiger partial charge in [0, 0.05) is 78.2 Å². The molecule has 1 saturated heterocycles. The average Bonchev–Trinajstić information content (AvgIpc) is 3.33. The Morgan fingerprint density at radius 3 is 1.60 bits per heavy atom. The summed E-state index contributed by atoms with van der Waals surface area (Å²) >= 11 is 0. The topological polar surface area (TPSA) is 128 Å². The van der Waals surface area contributed by atoms with E-state index in [2.05, 4.69) is 89.2 Å². The molecule has 4 rings (SSSR count). The average molecular weight is 766 g/mol. The fraction of sp³-hybridized carbons (Fsp3) is 0.561. The van der Waals surface area contributed by atoms with Crippen LogP contribution in [0.4, 0.5) is 0 Å². The Bertz CT molecular complexity index is 1930. The number of rotatable bonds is 7. The smallest absolute Gasteiger partial charge is 0.332 e. The molecule has 1 radical (unpaired) electrons. The monoisotopic (exact) mass is 765 g/mol. The molecule has 2 N–H and O–H groups in total. The summed E-state index contributed by atoms with van der Waals surface area (Å²) in [5.41, 5.74) is 2.69. The first-order valence-electron chi connectivity index (χ1n) is 17.6. The van der Waals surface area contributed by atoms with Gasteiger partial charge in [-0.2, -0.15) is 0 Å². The van der Waals surface area contributed by atoms with Crippen molar-refractivity contribution in [1.29, 1.82) is 0 Å². The molecule has 11 heteroatoms. The van der Waals surface area contributed by atoms with Gasteiger partial charge in [0.25, 0.3) is 5.56 Å². The summed E-state index contributed by atoms with van der Waals surface area (Å²) in [6.07, 6.45) is 3.09. The van der Waals surface area contributed by atoms with Gasteiger partial charge in [0.2, 0.25) is 0 Å². The number of hydrogen-bond acceptors (Lipinski definition) is 8. The summed E-state index contributed by atoms with van der Waals surface area (Å²) in [6, 6.07) is 7.83. The van der Waals surface area contributed by atoms with Gasteiger partial charge >= 0.3 is 5.69 Å². The van der Waals surface area contributed by atoms with Crippen LogP contribution in [0.2, 0.25) is 0 Å². The molecule has 0 aliphatic carbocycles. The molecule has 1 fully saturated rings. The Morgan fingerprint density at radius 2 is 1.19 bits per heavy atom. The van der Waals surface area contributed by atoms with Crippen LogP contribution >= 0.6 is 0 Å². The summed E-state index contributed by atoms with van der Waals surface area (Å²) in [4.78, 5) is 35.9. The maximum absolute atomic E-state index is 13.5. The van der Waals surface area contributed by atoms with E-state index in [4.69, 9.17) is 19.5 Å². The van der Waals surface area contributed by atoms with Crippen LogP contribution in [0.25, 0.3) is 0 Å². The number of nitrogens with zero attached hydrogens (tertiary/aromatic N) is 4. The molecule has 289 valence electrons. The molecule has 0 saturated carbocycles. The molecule has 0 spiro atoms. The van der Waals surface area contributed by atoms with Crippen molar-refractivity contribution in [3.63, 3.8) is 0 Å². The van der Waals surface area contributed by atoms with E-state index in [0.29, 0.717) is 11.1 Å². The van der Waals surface area contributed by atoms with Gasteiger partial charge in [0.05, 0.1) is 6.61 Å². The van der Waals surface area contributed by atoms with Gasteiger partial charge in [-0.25, -0.2) is 4.79 Å². The largest absolute Gasteiger partial charge is 0.507 e. The number of hydrogen-bond donors (Lipinski definition) is 2. The van der Waals surface area contributed by atoms with Crippen molar-refractivity contribution in [2.45, 2.75) is 129 Å².